The monoisotopic (exact) mass is 338 g/mol. The minimum Gasteiger partial charge on any atom is -0.508 e. The zero-order valence-corrected chi connectivity index (χ0v) is 14.1. The molecule has 2 rings (SSSR count). The van der Waals surface area contributed by atoms with Gasteiger partial charge in [0.2, 0.25) is 15.0 Å². The molecule has 0 spiro atoms. The Morgan fingerprint density at radius 1 is 1.22 bits per heavy atom. The molecular weight excluding hydrogens is 318 g/mol. The first-order valence-electron chi connectivity index (χ1n) is 7.15. The van der Waals surface area contributed by atoms with E-state index in [2.05, 4.69) is 17.1 Å². The van der Waals surface area contributed by atoms with Crippen LogP contribution in [-0.2, 0) is 16.4 Å². The summed E-state index contributed by atoms with van der Waals surface area (Å²) in [6.07, 6.45) is 1.49. The van der Waals surface area contributed by atoms with Gasteiger partial charge in [0.1, 0.15) is 11.5 Å². The van der Waals surface area contributed by atoms with E-state index in [-0.39, 0.29) is 28.4 Å². The Morgan fingerprint density at radius 2 is 1.87 bits per heavy atom. The first-order valence-corrected chi connectivity index (χ1v) is 9.04. The molecule has 0 aliphatic heterocycles. The summed E-state index contributed by atoms with van der Waals surface area (Å²) < 4.78 is 25.1. The van der Waals surface area contributed by atoms with Gasteiger partial charge >= 0.3 is 0 Å². The Balaban J connectivity index is 2.72. The summed E-state index contributed by atoms with van der Waals surface area (Å²) in [5.74, 6) is 0.0406. The zero-order valence-electron chi connectivity index (χ0n) is 13.3. The molecule has 1 heterocycles. The number of aromatic hydroxyl groups is 2. The van der Waals surface area contributed by atoms with Crippen LogP contribution in [0.3, 0.4) is 0 Å². The molecule has 125 valence electrons. The molecule has 8 heteroatoms. The average Bonchev–Trinajstić information content (AvgIpc) is 2.82. The molecule has 23 heavy (non-hydrogen) atoms. The second-order valence-corrected chi connectivity index (χ2v) is 7.58. The van der Waals surface area contributed by atoms with E-state index in [0.717, 1.165) is 6.26 Å². The number of nitrogens with zero attached hydrogens (tertiary/aromatic N) is 3. The van der Waals surface area contributed by atoms with Crippen LogP contribution >= 0.6 is 0 Å². The molecule has 0 unspecified atom stereocenters. The van der Waals surface area contributed by atoms with E-state index in [1.807, 2.05) is 13.8 Å². The van der Waals surface area contributed by atoms with Crippen molar-refractivity contribution in [3.05, 3.63) is 24.6 Å². The highest BCUT2D eigenvalue weighted by Gasteiger charge is 2.23. The Bertz CT molecular complexity index is 825. The van der Waals surface area contributed by atoms with Gasteiger partial charge in [-0.2, -0.15) is 0 Å². The van der Waals surface area contributed by atoms with Crippen LogP contribution in [0.15, 0.2) is 17.3 Å². The van der Waals surface area contributed by atoms with Crippen LogP contribution in [0.4, 0.5) is 0 Å². The maximum atomic E-state index is 11.8. The van der Waals surface area contributed by atoms with Crippen LogP contribution in [0.2, 0.25) is 0 Å². The number of hydrogen-bond acceptors (Lipinski definition) is 6. The molecule has 0 amide bonds. The van der Waals surface area contributed by atoms with E-state index in [1.54, 1.807) is 6.07 Å². The van der Waals surface area contributed by atoms with E-state index >= 15 is 0 Å². The highest BCUT2D eigenvalue weighted by molar-refractivity contribution is 7.90. The van der Waals surface area contributed by atoms with Crippen molar-refractivity contribution in [2.24, 2.45) is 0 Å². The van der Waals surface area contributed by atoms with Gasteiger partial charge in [0.25, 0.3) is 0 Å². The molecule has 0 bridgehead atoms. The Morgan fingerprint density at radius 3 is 2.39 bits per heavy atom. The van der Waals surface area contributed by atoms with Gasteiger partial charge in [0, 0.05) is 18.9 Å². The van der Waals surface area contributed by atoms with Gasteiger partial charge in [0.15, 0.2) is 5.82 Å². The second kappa shape index (κ2) is 6.19. The summed E-state index contributed by atoms with van der Waals surface area (Å²) in [6.45, 7) is 7.82. The van der Waals surface area contributed by atoms with E-state index in [9.17, 15) is 18.6 Å². The quantitative estimate of drug-likeness (QED) is 0.865. The third-order valence-corrected chi connectivity index (χ3v) is 4.40. The molecule has 2 N–H and O–H groups in total. The molecule has 0 fully saturated rings. The van der Waals surface area contributed by atoms with Gasteiger partial charge in [-0.05, 0) is 24.0 Å². The van der Waals surface area contributed by atoms with Gasteiger partial charge in [-0.15, -0.1) is 10.2 Å². The van der Waals surface area contributed by atoms with Crippen molar-refractivity contribution in [3.63, 3.8) is 0 Å². The van der Waals surface area contributed by atoms with E-state index < -0.39 is 9.84 Å². The topological polar surface area (TPSA) is 105 Å². The molecule has 7 nitrogen and oxygen atoms in total. The average molecular weight is 338 g/mol. The van der Waals surface area contributed by atoms with Crippen molar-refractivity contribution in [2.45, 2.75) is 37.9 Å². The van der Waals surface area contributed by atoms with Gasteiger partial charge in [-0.3, -0.25) is 4.57 Å². The van der Waals surface area contributed by atoms with Crippen molar-refractivity contribution in [3.8, 4) is 22.9 Å². The fourth-order valence-corrected chi connectivity index (χ4v) is 3.12. The normalized spacial score (nSPS) is 12.0. The Labute approximate surface area is 135 Å². The molecule has 0 atom stereocenters. The zero-order chi connectivity index (χ0) is 17.4. The van der Waals surface area contributed by atoms with Gasteiger partial charge < -0.3 is 10.2 Å². The molecule has 1 radical (unpaired) electrons. The molecule has 0 aliphatic carbocycles. The largest absolute Gasteiger partial charge is 0.508 e. The van der Waals surface area contributed by atoms with Crippen LogP contribution in [0, 0.1) is 6.92 Å². The Kier molecular flexibility index (Phi) is 4.65. The number of sulfone groups is 1. The lowest BCUT2D eigenvalue weighted by Crippen LogP contribution is -2.10. The molecule has 0 aliphatic rings. The number of hydrogen-bond donors (Lipinski definition) is 2. The third kappa shape index (κ3) is 3.31. The number of phenolic OH excluding ortho intramolecular Hbond substituents is 2. The molecule has 1 aromatic heterocycles. The SMILES string of the molecule is [CH2]CCn1c(-c2cc(C(C)C)c(O)cc2O)nnc1S(C)(=O)=O. The van der Waals surface area contributed by atoms with Crippen LogP contribution in [0.1, 0.15) is 31.7 Å². The number of phenols is 2. The smallest absolute Gasteiger partial charge is 0.249 e. The van der Waals surface area contributed by atoms with Crippen LogP contribution in [0.25, 0.3) is 11.4 Å². The summed E-state index contributed by atoms with van der Waals surface area (Å²) in [4.78, 5) is 0. The van der Waals surface area contributed by atoms with Crippen molar-refractivity contribution < 1.29 is 18.6 Å². The third-order valence-electron chi connectivity index (χ3n) is 3.44. The summed E-state index contributed by atoms with van der Waals surface area (Å²) >= 11 is 0. The number of benzene rings is 1. The summed E-state index contributed by atoms with van der Waals surface area (Å²) in [5.41, 5.74) is 0.949. The summed E-state index contributed by atoms with van der Waals surface area (Å²) in [5, 5.41) is 27.6. The number of aromatic nitrogens is 3. The van der Waals surface area contributed by atoms with Gasteiger partial charge in [-0.1, -0.05) is 20.8 Å². The predicted molar refractivity (Wildman–Crippen MR) is 86.0 cm³/mol. The van der Waals surface area contributed by atoms with E-state index in [4.69, 9.17) is 0 Å². The van der Waals surface area contributed by atoms with Crippen molar-refractivity contribution in [1.82, 2.24) is 14.8 Å². The molecular formula is C15H20N3O4S. The van der Waals surface area contributed by atoms with E-state index in [0.29, 0.717) is 24.1 Å². The summed E-state index contributed by atoms with van der Waals surface area (Å²) in [7, 11) is -3.56. The van der Waals surface area contributed by atoms with Gasteiger partial charge in [0.05, 0.1) is 5.56 Å². The maximum Gasteiger partial charge on any atom is 0.249 e. The molecule has 1 aromatic carbocycles. The van der Waals surface area contributed by atoms with Crippen molar-refractivity contribution in [2.75, 3.05) is 6.26 Å². The van der Waals surface area contributed by atoms with Crippen LogP contribution in [-0.4, -0.2) is 39.7 Å². The molecule has 0 saturated heterocycles. The molecule has 0 saturated carbocycles. The lowest BCUT2D eigenvalue weighted by Gasteiger charge is -2.13. The fraction of sp³-hybridized carbons (Fsp3) is 0.400. The molecule has 2 aromatic rings. The minimum atomic E-state index is -3.56. The highest BCUT2D eigenvalue weighted by Crippen LogP contribution is 2.37. The minimum absolute atomic E-state index is 0.0205. The maximum absolute atomic E-state index is 11.8. The predicted octanol–water partition coefficient (Wildman–Crippen LogP) is 2.11. The summed E-state index contributed by atoms with van der Waals surface area (Å²) in [6, 6.07) is 2.83. The van der Waals surface area contributed by atoms with Gasteiger partial charge in [-0.25, -0.2) is 8.42 Å². The van der Waals surface area contributed by atoms with Crippen LogP contribution < -0.4 is 0 Å². The highest BCUT2D eigenvalue weighted by atomic mass is 32.2. The lowest BCUT2D eigenvalue weighted by molar-refractivity contribution is 0.444. The first kappa shape index (κ1) is 17.3. The van der Waals surface area contributed by atoms with E-state index in [1.165, 1.54) is 10.6 Å². The fourth-order valence-electron chi connectivity index (χ4n) is 2.36. The van der Waals surface area contributed by atoms with Crippen molar-refractivity contribution >= 4 is 9.84 Å². The first-order chi connectivity index (χ1) is 10.7. The standard InChI is InChI=1S/C15H20N3O4S/c1-5-6-18-14(16-17-15(18)23(4,21)22)11-7-10(9(2)3)12(19)8-13(11)20/h7-9,19-20H,1,5-6H2,2-4H3. The second-order valence-electron chi connectivity index (χ2n) is 5.67. The lowest BCUT2D eigenvalue weighted by atomic mass is 9.98. The number of rotatable bonds is 5. The van der Waals surface area contributed by atoms with Crippen molar-refractivity contribution in [1.29, 1.82) is 0 Å². The Hall–Kier alpha value is -2.09. The van der Waals surface area contributed by atoms with Crippen LogP contribution in [0.5, 0.6) is 11.5 Å².